The number of aliphatic carboxylic acids is 1. The van der Waals surface area contributed by atoms with Crippen molar-refractivity contribution in [3.05, 3.63) is 35.9 Å². The Labute approximate surface area is 81.1 Å². The van der Waals surface area contributed by atoms with Crippen LogP contribution in [-0.2, 0) is 9.53 Å². The van der Waals surface area contributed by atoms with Gasteiger partial charge in [0.25, 0.3) is 6.36 Å². The van der Waals surface area contributed by atoms with Gasteiger partial charge >= 0.3 is 5.97 Å². The van der Waals surface area contributed by atoms with E-state index in [0.29, 0.717) is 0 Å². The zero-order chi connectivity index (χ0) is 10.6. The molecular formula is C10H11FO3. The lowest BCUT2D eigenvalue weighted by Gasteiger charge is -2.13. The Hall–Kier alpha value is -1.42. The van der Waals surface area contributed by atoms with Crippen molar-refractivity contribution in [3.8, 4) is 0 Å². The van der Waals surface area contributed by atoms with Crippen molar-refractivity contribution < 1.29 is 19.0 Å². The topological polar surface area (TPSA) is 46.5 Å². The van der Waals surface area contributed by atoms with Crippen LogP contribution in [0.4, 0.5) is 4.39 Å². The molecule has 0 radical (unpaired) electrons. The Morgan fingerprint density at radius 2 is 2.00 bits per heavy atom. The van der Waals surface area contributed by atoms with E-state index >= 15 is 0 Å². The van der Waals surface area contributed by atoms with Gasteiger partial charge in [0.1, 0.15) is 0 Å². The van der Waals surface area contributed by atoms with Crippen LogP contribution in [0.1, 0.15) is 18.6 Å². The number of carboxylic acid groups (broad SMARTS) is 1. The van der Waals surface area contributed by atoms with E-state index in [-0.39, 0.29) is 0 Å². The van der Waals surface area contributed by atoms with Gasteiger partial charge in [-0.2, -0.15) is 0 Å². The number of hydrogen-bond donors (Lipinski definition) is 1. The standard InChI is InChI=1S/C10H11FO3/c1-7(14-9(11)10(12)13)8-5-3-2-4-6-8/h2-7,9H,1H3,(H,12,13). The quantitative estimate of drug-likeness (QED) is 0.806. The van der Waals surface area contributed by atoms with Gasteiger partial charge in [-0.05, 0) is 12.5 Å². The van der Waals surface area contributed by atoms with Crippen LogP contribution in [0.3, 0.4) is 0 Å². The second kappa shape index (κ2) is 4.72. The van der Waals surface area contributed by atoms with Gasteiger partial charge in [0, 0.05) is 0 Å². The third-order valence-corrected chi connectivity index (χ3v) is 1.79. The fourth-order valence-corrected chi connectivity index (χ4v) is 1.04. The summed E-state index contributed by atoms with van der Waals surface area (Å²) >= 11 is 0. The summed E-state index contributed by atoms with van der Waals surface area (Å²) in [6.07, 6.45) is -2.84. The minimum atomic E-state index is -2.27. The summed E-state index contributed by atoms with van der Waals surface area (Å²) in [6, 6.07) is 8.88. The molecule has 0 amide bonds. The maximum Gasteiger partial charge on any atom is 0.366 e. The fourth-order valence-electron chi connectivity index (χ4n) is 1.04. The number of halogens is 1. The van der Waals surface area contributed by atoms with Gasteiger partial charge in [-0.15, -0.1) is 0 Å². The molecule has 0 spiro atoms. The molecule has 3 nitrogen and oxygen atoms in total. The molecule has 2 unspecified atom stereocenters. The molecule has 0 aliphatic heterocycles. The molecule has 0 fully saturated rings. The van der Waals surface area contributed by atoms with E-state index in [1.54, 1.807) is 31.2 Å². The molecular weight excluding hydrogens is 187 g/mol. The van der Waals surface area contributed by atoms with Crippen LogP contribution in [0.25, 0.3) is 0 Å². The molecule has 0 saturated heterocycles. The number of ether oxygens (including phenoxy) is 1. The van der Waals surface area contributed by atoms with Gasteiger partial charge in [-0.25, -0.2) is 9.18 Å². The van der Waals surface area contributed by atoms with Crippen LogP contribution < -0.4 is 0 Å². The number of carboxylic acids is 1. The third kappa shape index (κ3) is 2.81. The third-order valence-electron chi connectivity index (χ3n) is 1.79. The highest BCUT2D eigenvalue weighted by atomic mass is 19.1. The molecule has 1 aromatic carbocycles. The van der Waals surface area contributed by atoms with Crippen molar-refractivity contribution in [1.82, 2.24) is 0 Å². The van der Waals surface area contributed by atoms with E-state index in [9.17, 15) is 9.18 Å². The summed E-state index contributed by atoms with van der Waals surface area (Å²) in [7, 11) is 0. The average molecular weight is 198 g/mol. The zero-order valence-corrected chi connectivity index (χ0v) is 7.68. The summed E-state index contributed by atoms with van der Waals surface area (Å²) in [6.45, 7) is 1.60. The van der Waals surface area contributed by atoms with Crippen LogP contribution in [0.15, 0.2) is 30.3 Å². The Kier molecular flexibility index (Phi) is 3.59. The number of rotatable bonds is 4. The second-order valence-electron chi connectivity index (χ2n) is 2.84. The Morgan fingerprint density at radius 3 is 2.50 bits per heavy atom. The predicted octanol–water partition coefficient (Wildman–Crippen LogP) is 2.14. The average Bonchev–Trinajstić information content (AvgIpc) is 2.19. The molecule has 1 rings (SSSR count). The van der Waals surface area contributed by atoms with Gasteiger partial charge < -0.3 is 9.84 Å². The highest BCUT2D eigenvalue weighted by molar-refractivity contribution is 5.70. The van der Waals surface area contributed by atoms with Crippen molar-refractivity contribution >= 4 is 5.97 Å². The normalized spacial score (nSPS) is 14.7. The lowest BCUT2D eigenvalue weighted by atomic mass is 10.1. The maximum atomic E-state index is 12.6. The minimum absolute atomic E-state index is 0.567. The van der Waals surface area contributed by atoms with E-state index in [4.69, 9.17) is 5.11 Å². The van der Waals surface area contributed by atoms with E-state index in [0.717, 1.165) is 5.56 Å². The largest absolute Gasteiger partial charge is 0.477 e. The van der Waals surface area contributed by atoms with E-state index in [2.05, 4.69) is 4.74 Å². The number of benzene rings is 1. The summed E-state index contributed by atoms with van der Waals surface area (Å²) in [5, 5.41) is 8.28. The summed E-state index contributed by atoms with van der Waals surface area (Å²) in [4.78, 5) is 10.2. The van der Waals surface area contributed by atoms with Crippen molar-refractivity contribution in [1.29, 1.82) is 0 Å². The van der Waals surface area contributed by atoms with Gasteiger partial charge in [-0.3, -0.25) is 0 Å². The van der Waals surface area contributed by atoms with Crippen molar-refractivity contribution in [2.75, 3.05) is 0 Å². The smallest absolute Gasteiger partial charge is 0.366 e. The van der Waals surface area contributed by atoms with Crippen LogP contribution in [0.2, 0.25) is 0 Å². The minimum Gasteiger partial charge on any atom is -0.477 e. The van der Waals surface area contributed by atoms with Crippen LogP contribution >= 0.6 is 0 Å². The molecule has 1 aromatic rings. The van der Waals surface area contributed by atoms with Gasteiger partial charge in [-0.1, -0.05) is 30.3 Å². The molecule has 1 N–H and O–H groups in total. The molecule has 4 heteroatoms. The lowest BCUT2D eigenvalue weighted by molar-refractivity contribution is -0.169. The molecule has 14 heavy (non-hydrogen) atoms. The highest BCUT2D eigenvalue weighted by Gasteiger charge is 2.19. The van der Waals surface area contributed by atoms with E-state index in [1.165, 1.54) is 0 Å². The summed E-state index contributed by atoms with van der Waals surface area (Å²) in [5.74, 6) is -1.60. The van der Waals surface area contributed by atoms with Crippen LogP contribution in [-0.4, -0.2) is 17.4 Å². The van der Waals surface area contributed by atoms with Crippen molar-refractivity contribution in [2.24, 2.45) is 0 Å². The molecule has 0 aliphatic carbocycles. The van der Waals surface area contributed by atoms with E-state index < -0.39 is 18.4 Å². The Bertz CT molecular complexity index is 299. The fraction of sp³-hybridized carbons (Fsp3) is 0.300. The molecule has 0 heterocycles. The molecule has 0 aliphatic rings. The van der Waals surface area contributed by atoms with Gasteiger partial charge in [0.2, 0.25) is 0 Å². The Balaban J connectivity index is 2.59. The lowest BCUT2D eigenvalue weighted by Crippen LogP contribution is -2.20. The number of hydrogen-bond acceptors (Lipinski definition) is 2. The summed E-state index contributed by atoms with van der Waals surface area (Å²) < 4.78 is 17.3. The molecule has 0 bridgehead atoms. The molecule has 2 atom stereocenters. The number of carbonyl (C=O) groups is 1. The van der Waals surface area contributed by atoms with Crippen LogP contribution in [0, 0.1) is 0 Å². The number of alkyl halides is 1. The SMILES string of the molecule is CC(OC(F)C(=O)O)c1ccccc1. The van der Waals surface area contributed by atoms with Crippen LogP contribution in [0.5, 0.6) is 0 Å². The summed E-state index contributed by atoms with van der Waals surface area (Å²) in [5.41, 5.74) is 0.747. The first-order chi connectivity index (χ1) is 6.61. The second-order valence-corrected chi connectivity index (χ2v) is 2.84. The Morgan fingerprint density at radius 1 is 1.43 bits per heavy atom. The maximum absolute atomic E-state index is 12.6. The molecule has 76 valence electrons. The monoisotopic (exact) mass is 198 g/mol. The van der Waals surface area contributed by atoms with E-state index in [1.807, 2.05) is 6.07 Å². The predicted molar refractivity (Wildman–Crippen MR) is 48.5 cm³/mol. The first-order valence-corrected chi connectivity index (χ1v) is 4.18. The van der Waals surface area contributed by atoms with Crippen molar-refractivity contribution in [3.63, 3.8) is 0 Å². The first-order valence-electron chi connectivity index (χ1n) is 4.18. The zero-order valence-electron chi connectivity index (χ0n) is 7.68. The van der Waals surface area contributed by atoms with Gasteiger partial charge in [0.15, 0.2) is 0 Å². The highest BCUT2D eigenvalue weighted by Crippen LogP contribution is 2.18. The molecule has 0 aromatic heterocycles. The van der Waals surface area contributed by atoms with Crippen molar-refractivity contribution in [2.45, 2.75) is 19.4 Å². The first kappa shape index (κ1) is 10.7. The molecule has 0 saturated carbocycles. The van der Waals surface area contributed by atoms with Gasteiger partial charge in [0.05, 0.1) is 6.10 Å².